The van der Waals surface area contributed by atoms with Gasteiger partial charge in [0.05, 0.1) is 12.0 Å². The van der Waals surface area contributed by atoms with Crippen LogP contribution in [0.1, 0.15) is 37.1 Å². The molecule has 6 heteroatoms. The van der Waals surface area contributed by atoms with Crippen LogP contribution in [0.5, 0.6) is 0 Å². The first-order valence-electron chi connectivity index (χ1n) is 9.92. The van der Waals surface area contributed by atoms with Gasteiger partial charge in [-0.25, -0.2) is 0 Å². The zero-order valence-corrected chi connectivity index (χ0v) is 16.3. The average Bonchev–Trinajstić information content (AvgIpc) is 3.42. The maximum Gasteiger partial charge on any atom is 0.258 e. The number of aromatic nitrogens is 1. The smallest absolute Gasteiger partial charge is 0.258 e. The van der Waals surface area contributed by atoms with E-state index in [-0.39, 0.29) is 42.0 Å². The van der Waals surface area contributed by atoms with Crippen molar-refractivity contribution in [1.29, 1.82) is 0 Å². The summed E-state index contributed by atoms with van der Waals surface area (Å²) >= 11 is 0. The summed E-state index contributed by atoms with van der Waals surface area (Å²) in [5, 5.41) is 10.2. The molecule has 6 nitrogen and oxygen atoms in total. The number of hydrogen-bond donors (Lipinski definition) is 1. The summed E-state index contributed by atoms with van der Waals surface area (Å²) in [6.45, 7) is 3.37. The Morgan fingerprint density at radius 1 is 1.33 bits per heavy atom. The molecular formula is C21H29N3O3. The number of carbonyl (C=O) groups is 1. The van der Waals surface area contributed by atoms with Crippen LogP contribution in [0.15, 0.2) is 23.0 Å². The molecule has 27 heavy (non-hydrogen) atoms. The first kappa shape index (κ1) is 18.4. The molecule has 2 bridgehead atoms. The van der Waals surface area contributed by atoms with Crippen LogP contribution in [0.4, 0.5) is 0 Å². The number of fused-ring (bicyclic) bond motifs is 4. The maximum absolute atomic E-state index is 13.1. The average molecular weight is 371 g/mol. The van der Waals surface area contributed by atoms with Crippen LogP contribution in [-0.4, -0.2) is 58.7 Å². The minimum absolute atomic E-state index is 0.00122. The molecule has 146 valence electrons. The monoisotopic (exact) mass is 371 g/mol. The molecule has 1 aromatic heterocycles. The highest BCUT2D eigenvalue weighted by Gasteiger charge is 2.56. The van der Waals surface area contributed by atoms with Crippen molar-refractivity contribution in [2.75, 3.05) is 27.2 Å². The van der Waals surface area contributed by atoms with Gasteiger partial charge in [-0.3, -0.25) is 14.5 Å². The lowest BCUT2D eigenvalue weighted by Gasteiger charge is -2.38. The van der Waals surface area contributed by atoms with Gasteiger partial charge < -0.3 is 14.6 Å². The summed E-state index contributed by atoms with van der Waals surface area (Å²) in [7, 11) is 3.54. The predicted molar refractivity (Wildman–Crippen MR) is 104 cm³/mol. The van der Waals surface area contributed by atoms with Crippen molar-refractivity contribution in [3.8, 4) is 0 Å². The number of hydrogen-bond acceptors (Lipinski definition) is 4. The zero-order chi connectivity index (χ0) is 19.3. The summed E-state index contributed by atoms with van der Waals surface area (Å²) in [4.78, 5) is 30.1. The molecule has 2 fully saturated rings. The number of carbonyl (C=O) groups excluding carboxylic acids is 1. The van der Waals surface area contributed by atoms with Gasteiger partial charge in [-0.1, -0.05) is 12.2 Å². The lowest BCUT2D eigenvalue weighted by molar-refractivity contribution is -0.135. The van der Waals surface area contributed by atoms with Crippen LogP contribution in [0.25, 0.3) is 6.08 Å². The van der Waals surface area contributed by atoms with E-state index >= 15 is 0 Å². The van der Waals surface area contributed by atoms with Crippen LogP contribution in [0.2, 0.25) is 0 Å². The van der Waals surface area contributed by atoms with Crippen molar-refractivity contribution in [2.24, 2.45) is 17.8 Å². The van der Waals surface area contributed by atoms with Gasteiger partial charge in [0.15, 0.2) is 0 Å². The Morgan fingerprint density at radius 2 is 2.07 bits per heavy atom. The summed E-state index contributed by atoms with van der Waals surface area (Å²) in [6.07, 6.45) is 6.17. The van der Waals surface area contributed by atoms with E-state index in [1.165, 1.54) is 12.8 Å². The molecule has 1 saturated carbocycles. The van der Waals surface area contributed by atoms with Crippen LogP contribution >= 0.6 is 0 Å². The Balaban J connectivity index is 1.84. The summed E-state index contributed by atoms with van der Waals surface area (Å²) < 4.78 is 1.85. The Bertz CT molecular complexity index is 824. The van der Waals surface area contributed by atoms with E-state index < -0.39 is 0 Å². The van der Waals surface area contributed by atoms with E-state index in [2.05, 4.69) is 4.90 Å². The Morgan fingerprint density at radius 3 is 2.67 bits per heavy atom. The van der Waals surface area contributed by atoms with E-state index in [1.807, 2.05) is 35.8 Å². The number of pyridine rings is 1. The van der Waals surface area contributed by atoms with E-state index in [0.29, 0.717) is 18.0 Å². The van der Waals surface area contributed by atoms with Gasteiger partial charge >= 0.3 is 0 Å². The molecule has 2 aliphatic heterocycles. The topological polar surface area (TPSA) is 65.8 Å². The largest absolute Gasteiger partial charge is 0.396 e. The minimum Gasteiger partial charge on any atom is -0.396 e. The molecule has 1 aromatic rings. The molecule has 0 radical (unpaired) electrons. The van der Waals surface area contributed by atoms with Gasteiger partial charge in [0.25, 0.3) is 5.56 Å². The lowest BCUT2D eigenvalue weighted by atomic mass is 9.86. The van der Waals surface area contributed by atoms with Crippen molar-refractivity contribution >= 4 is 12.0 Å². The molecular weight excluding hydrogens is 342 g/mol. The van der Waals surface area contributed by atoms with Crippen LogP contribution in [0, 0.1) is 17.8 Å². The lowest BCUT2D eigenvalue weighted by Crippen LogP contribution is -2.47. The predicted octanol–water partition coefficient (Wildman–Crippen LogP) is 1.34. The van der Waals surface area contributed by atoms with Gasteiger partial charge in [0, 0.05) is 57.0 Å². The second-order valence-corrected chi connectivity index (χ2v) is 8.39. The first-order valence-corrected chi connectivity index (χ1v) is 9.92. The second kappa shape index (κ2) is 6.91. The number of nitrogens with zero attached hydrogens (tertiary/aromatic N) is 3. The van der Waals surface area contributed by atoms with Gasteiger partial charge in [0.2, 0.25) is 5.91 Å². The molecule has 4 rings (SSSR count). The quantitative estimate of drug-likeness (QED) is 0.848. The van der Waals surface area contributed by atoms with E-state index in [1.54, 1.807) is 19.0 Å². The molecule has 0 unspecified atom stereocenters. The molecule has 4 atom stereocenters. The SMILES string of the molecule is C/C=C\c1ccc2n(c1=O)C[C@H]1[C@H](CO)[C@@H](C(=O)N(C)C)[C@@H]2N1CC1CC1. The minimum atomic E-state index is -0.311. The number of allylic oxidation sites excluding steroid dienone is 1. The molecule has 1 N–H and O–H groups in total. The van der Waals surface area contributed by atoms with E-state index in [9.17, 15) is 14.7 Å². The van der Waals surface area contributed by atoms with Crippen molar-refractivity contribution in [2.45, 2.75) is 38.4 Å². The van der Waals surface area contributed by atoms with Gasteiger partial charge in [-0.15, -0.1) is 0 Å². The summed E-state index contributed by atoms with van der Waals surface area (Å²) in [5.74, 6) is 0.270. The number of aliphatic hydroxyl groups is 1. The van der Waals surface area contributed by atoms with Gasteiger partial charge in [-0.2, -0.15) is 0 Å². The highest BCUT2D eigenvalue weighted by molar-refractivity contribution is 5.80. The van der Waals surface area contributed by atoms with Gasteiger partial charge in [-0.05, 0) is 37.8 Å². The third-order valence-electron chi connectivity index (χ3n) is 6.44. The van der Waals surface area contributed by atoms with Gasteiger partial charge in [0.1, 0.15) is 0 Å². The molecule has 0 spiro atoms. The highest BCUT2D eigenvalue weighted by atomic mass is 16.3. The highest BCUT2D eigenvalue weighted by Crippen LogP contribution is 2.50. The van der Waals surface area contributed by atoms with Crippen molar-refractivity contribution in [3.63, 3.8) is 0 Å². The number of amides is 1. The normalized spacial score (nSPS) is 29.9. The Kier molecular flexibility index (Phi) is 4.72. The molecule has 0 aromatic carbocycles. The molecule has 1 saturated heterocycles. The fraction of sp³-hybridized carbons (Fsp3) is 0.619. The van der Waals surface area contributed by atoms with E-state index in [0.717, 1.165) is 12.2 Å². The Labute approximate surface area is 160 Å². The standard InChI is InChI=1S/C21H29N3O3/c1-4-5-14-8-9-16-19-18(21(27)22(2)3)15(12-25)17(11-24(16)20(14)26)23(19)10-13-6-7-13/h4-5,8-9,13,15,17-19,25H,6-7,10-12H2,1-3H3/b5-4-/t15-,17-,18+,19+/m0/s1. The molecule has 1 amide bonds. The summed E-state index contributed by atoms with van der Waals surface area (Å²) in [6, 6.07) is 3.77. The first-order chi connectivity index (χ1) is 13.0. The van der Waals surface area contributed by atoms with Crippen molar-refractivity contribution < 1.29 is 9.90 Å². The van der Waals surface area contributed by atoms with Crippen LogP contribution in [0.3, 0.4) is 0 Å². The van der Waals surface area contributed by atoms with Crippen LogP contribution < -0.4 is 5.56 Å². The zero-order valence-electron chi connectivity index (χ0n) is 16.3. The third kappa shape index (κ3) is 2.95. The molecule has 3 aliphatic rings. The number of aliphatic hydroxyl groups excluding tert-OH is 1. The molecule has 3 heterocycles. The fourth-order valence-corrected chi connectivity index (χ4v) is 4.97. The van der Waals surface area contributed by atoms with Crippen molar-refractivity contribution in [3.05, 3.63) is 39.8 Å². The second-order valence-electron chi connectivity index (χ2n) is 8.39. The molecule has 1 aliphatic carbocycles. The van der Waals surface area contributed by atoms with Crippen LogP contribution in [-0.2, 0) is 11.3 Å². The van der Waals surface area contributed by atoms with E-state index in [4.69, 9.17) is 0 Å². The number of rotatable bonds is 5. The third-order valence-corrected chi connectivity index (χ3v) is 6.44. The van der Waals surface area contributed by atoms with Crippen molar-refractivity contribution in [1.82, 2.24) is 14.4 Å². The fourth-order valence-electron chi connectivity index (χ4n) is 4.97. The maximum atomic E-state index is 13.1. The summed E-state index contributed by atoms with van der Waals surface area (Å²) in [5.41, 5.74) is 1.59. The Hall–Kier alpha value is -1.92.